The number of anilines is 1. The van der Waals surface area contributed by atoms with Gasteiger partial charge in [-0.2, -0.15) is 0 Å². The minimum absolute atomic E-state index is 0.625. The molecule has 1 heterocycles. The lowest BCUT2D eigenvalue weighted by molar-refractivity contribution is 0.118. The summed E-state index contributed by atoms with van der Waals surface area (Å²) in [7, 11) is 0. The SMILES string of the molecule is CCCc1ccccc1C1CCc2ccc(CC)cc2N(CC2CCC2C(C)C/C=C\CCC(C)C)C1. The maximum atomic E-state index is 2.83. The molecule has 0 radical (unpaired) electrons. The molecular formula is C36H53N. The molecule has 1 saturated carbocycles. The van der Waals surface area contributed by atoms with Crippen molar-refractivity contribution in [2.45, 2.75) is 105 Å². The van der Waals surface area contributed by atoms with E-state index in [1.165, 1.54) is 76.4 Å². The van der Waals surface area contributed by atoms with E-state index >= 15 is 0 Å². The Labute approximate surface area is 228 Å². The van der Waals surface area contributed by atoms with Crippen molar-refractivity contribution in [2.24, 2.45) is 23.7 Å². The molecule has 1 aliphatic carbocycles. The van der Waals surface area contributed by atoms with Crippen LogP contribution in [0.5, 0.6) is 0 Å². The summed E-state index contributed by atoms with van der Waals surface area (Å²) in [6.07, 6.45) is 17.6. The summed E-state index contributed by atoms with van der Waals surface area (Å²) in [4.78, 5) is 2.83. The number of hydrogen-bond acceptors (Lipinski definition) is 1. The first-order valence-electron chi connectivity index (χ1n) is 15.6. The van der Waals surface area contributed by atoms with Crippen molar-refractivity contribution >= 4 is 5.69 Å². The number of rotatable bonds is 12. The Morgan fingerprint density at radius 2 is 1.81 bits per heavy atom. The van der Waals surface area contributed by atoms with Gasteiger partial charge in [0.1, 0.15) is 0 Å². The highest BCUT2D eigenvalue weighted by Gasteiger charge is 2.37. The average molecular weight is 500 g/mol. The lowest BCUT2D eigenvalue weighted by atomic mass is 9.66. The molecule has 202 valence electrons. The highest BCUT2D eigenvalue weighted by atomic mass is 15.1. The number of nitrogens with zero attached hydrogens (tertiary/aromatic N) is 1. The van der Waals surface area contributed by atoms with Gasteiger partial charge in [-0.3, -0.25) is 0 Å². The van der Waals surface area contributed by atoms with E-state index in [-0.39, 0.29) is 0 Å². The molecule has 0 N–H and O–H groups in total. The van der Waals surface area contributed by atoms with Crippen LogP contribution < -0.4 is 4.90 Å². The zero-order valence-corrected chi connectivity index (χ0v) is 24.5. The van der Waals surface area contributed by atoms with Crippen molar-refractivity contribution in [1.29, 1.82) is 0 Å². The minimum atomic E-state index is 0.625. The zero-order chi connectivity index (χ0) is 26.2. The first-order chi connectivity index (χ1) is 18.0. The molecule has 1 aliphatic heterocycles. The van der Waals surface area contributed by atoms with Gasteiger partial charge in [0.25, 0.3) is 0 Å². The van der Waals surface area contributed by atoms with Crippen LogP contribution in [0.15, 0.2) is 54.6 Å². The molecule has 1 nitrogen and oxygen atoms in total. The van der Waals surface area contributed by atoms with Crippen molar-refractivity contribution in [3.8, 4) is 0 Å². The van der Waals surface area contributed by atoms with Crippen molar-refractivity contribution in [3.63, 3.8) is 0 Å². The van der Waals surface area contributed by atoms with E-state index in [1.54, 1.807) is 22.4 Å². The molecule has 37 heavy (non-hydrogen) atoms. The molecule has 4 atom stereocenters. The largest absolute Gasteiger partial charge is 0.370 e. The Bertz CT molecular complexity index is 1000. The van der Waals surface area contributed by atoms with Crippen LogP contribution in [0.2, 0.25) is 0 Å². The Hall–Kier alpha value is -2.02. The van der Waals surface area contributed by atoms with Crippen LogP contribution >= 0.6 is 0 Å². The van der Waals surface area contributed by atoms with Gasteiger partial charge in [0.05, 0.1) is 0 Å². The van der Waals surface area contributed by atoms with Crippen molar-refractivity contribution in [3.05, 3.63) is 76.9 Å². The van der Waals surface area contributed by atoms with E-state index < -0.39 is 0 Å². The quantitative estimate of drug-likeness (QED) is 0.263. The van der Waals surface area contributed by atoms with Crippen molar-refractivity contribution < 1.29 is 0 Å². The molecule has 2 aromatic carbocycles. The third-order valence-electron chi connectivity index (χ3n) is 9.36. The van der Waals surface area contributed by atoms with E-state index in [1.807, 2.05) is 0 Å². The maximum absolute atomic E-state index is 2.83. The lowest BCUT2D eigenvalue weighted by Gasteiger charge is -2.44. The number of hydrogen-bond donors (Lipinski definition) is 0. The molecule has 0 saturated heterocycles. The smallest absolute Gasteiger partial charge is 0.0401 e. The number of fused-ring (bicyclic) bond motifs is 1. The van der Waals surface area contributed by atoms with E-state index in [9.17, 15) is 0 Å². The van der Waals surface area contributed by atoms with Crippen LogP contribution in [-0.2, 0) is 19.3 Å². The maximum Gasteiger partial charge on any atom is 0.0401 e. The van der Waals surface area contributed by atoms with Gasteiger partial charge in [0.2, 0.25) is 0 Å². The van der Waals surface area contributed by atoms with Gasteiger partial charge in [0, 0.05) is 24.7 Å². The fourth-order valence-electron chi connectivity index (χ4n) is 6.86. The second kappa shape index (κ2) is 13.7. The average Bonchev–Trinajstić information content (AvgIpc) is 3.05. The van der Waals surface area contributed by atoms with Gasteiger partial charge in [-0.1, -0.05) is 89.6 Å². The summed E-state index contributed by atoms with van der Waals surface area (Å²) in [5.41, 5.74) is 7.79. The molecule has 2 aromatic rings. The second-order valence-corrected chi connectivity index (χ2v) is 12.6. The summed E-state index contributed by atoms with van der Waals surface area (Å²) in [5, 5.41) is 0. The molecule has 4 unspecified atom stereocenters. The van der Waals surface area contributed by atoms with Gasteiger partial charge < -0.3 is 4.90 Å². The van der Waals surface area contributed by atoms with E-state index in [2.05, 4.69) is 94.1 Å². The predicted molar refractivity (Wildman–Crippen MR) is 163 cm³/mol. The molecule has 0 bridgehead atoms. The van der Waals surface area contributed by atoms with Crippen LogP contribution in [0.1, 0.15) is 108 Å². The minimum Gasteiger partial charge on any atom is -0.370 e. The fourth-order valence-corrected chi connectivity index (χ4v) is 6.86. The first kappa shape index (κ1) is 28.0. The molecule has 0 aromatic heterocycles. The van der Waals surface area contributed by atoms with Crippen LogP contribution in [-0.4, -0.2) is 13.1 Å². The van der Waals surface area contributed by atoms with Gasteiger partial charge in [-0.05, 0) is 110 Å². The van der Waals surface area contributed by atoms with Crippen LogP contribution in [0, 0.1) is 23.7 Å². The topological polar surface area (TPSA) is 3.24 Å². The number of allylic oxidation sites excluding steroid dienone is 2. The molecule has 2 aliphatic rings. The fraction of sp³-hybridized carbons (Fsp3) is 0.611. The second-order valence-electron chi connectivity index (χ2n) is 12.6. The van der Waals surface area contributed by atoms with E-state index in [0.717, 1.165) is 30.1 Å². The highest BCUT2D eigenvalue weighted by Crippen LogP contribution is 2.44. The summed E-state index contributed by atoms with van der Waals surface area (Å²) in [5.74, 6) is 3.94. The Morgan fingerprint density at radius 1 is 0.973 bits per heavy atom. The predicted octanol–water partition coefficient (Wildman–Crippen LogP) is 9.78. The van der Waals surface area contributed by atoms with Gasteiger partial charge >= 0.3 is 0 Å². The molecule has 4 rings (SSSR count). The third kappa shape index (κ3) is 7.30. The highest BCUT2D eigenvalue weighted by molar-refractivity contribution is 5.57. The molecule has 0 spiro atoms. The van der Waals surface area contributed by atoms with Crippen molar-refractivity contribution in [1.82, 2.24) is 0 Å². The molecular weight excluding hydrogens is 446 g/mol. The summed E-state index contributed by atoms with van der Waals surface area (Å²) in [6.45, 7) is 14.2. The van der Waals surface area contributed by atoms with Crippen LogP contribution in [0.3, 0.4) is 0 Å². The van der Waals surface area contributed by atoms with Crippen LogP contribution in [0.4, 0.5) is 5.69 Å². The van der Waals surface area contributed by atoms with Gasteiger partial charge in [-0.15, -0.1) is 0 Å². The normalized spacial score (nSPS) is 22.6. The van der Waals surface area contributed by atoms with Crippen molar-refractivity contribution in [2.75, 3.05) is 18.0 Å². The molecule has 0 amide bonds. The summed E-state index contributed by atoms with van der Waals surface area (Å²) in [6, 6.07) is 16.7. The summed E-state index contributed by atoms with van der Waals surface area (Å²) < 4.78 is 0. The Kier molecular flexibility index (Phi) is 10.4. The van der Waals surface area contributed by atoms with E-state index in [4.69, 9.17) is 0 Å². The standard InChI is InChI=1S/C36H53N/c1-6-13-30-16-11-12-17-35(30)33-21-20-31-19-18-29(7-2)24-36(31)37(26-33)25-32-22-23-34(32)28(5)15-10-8-9-14-27(3)4/h8,10-12,16-19,24,27-28,32-34H,6-7,9,13-15,20-23,25-26H2,1-5H3/b10-8-. The number of benzene rings is 2. The summed E-state index contributed by atoms with van der Waals surface area (Å²) >= 11 is 0. The Morgan fingerprint density at radius 3 is 2.54 bits per heavy atom. The first-order valence-corrected chi connectivity index (χ1v) is 15.6. The molecule has 1 fully saturated rings. The van der Waals surface area contributed by atoms with Gasteiger partial charge in [0.15, 0.2) is 0 Å². The van der Waals surface area contributed by atoms with E-state index in [0.29, 0.717) is 5.92 Å². The third-order valence-corrected chi connectivity index (χ3v) is 9.36. The monoisotopic (exact) mass is 499 g/mol. The lowest BCUT2D eigenvalue weighted by Crippen LogP contribution is -2.42. The number of aryl methyl sites for hydroxylation is 3. The zero-order valence-electron chi connectivity index (χ0n) is 24.5. The van der Waals surface area contributed by atoms with Gasteiger partial charge in [-0.25, -0.2) is 0 Å². The Balaban J connectivity index is 1.50. The van der Waals surface area contributed by atoms with Crippen LogP contribution in [0.25, 0.3) is 0 Å². The molecule has 1 heteroatoms.